The van der Waals surface area contributed by atoms with Crippen molar-refractivity contribution in [3.63, 3.8) is 0 Å². The predicted molar refractivity (Wildman–Crippen MR) is 69.2 cm³/mol. The zero-order valence-electron chi connectivity index (χ0n) is 7.97. The van der Waals surface area contributed by atoms with Gasteiger partial charge in [0.15, 0.2) is 0 Å². The van der Waals surface area contributed by atoms with E-state index in [4.69, 9.17) is 5.84 Å². The molecule has 78 valence electrons. The van der Waals surface area contributed by atoms with Crippen molar-refractivity contribution in [3.8, 4) is 0 Å². The van der Waals surface area contributed by atoms with E-state index in [2.05, 4.69) is 63.3 Å². The molecule has 0 radical (unpaired) electrons. The van der Waals surface area contributed by atoms with Crippen LogP contribution in [0, 0.1) is 0 Å². The molecule has 5 heteroatoms. The van der Waals surface area contributed by atoms with Gasteiger partial charge in [-0.05, 0) is 51.8 Å². The van der Waals surface area contributed by atoms with Crippen LogP contribution >= 0.6 is 43.2 Å². The van der Waals surface area contributed by atoms with Crippen LogP contribution < -0.4 is 11.3 Å². The molecule has 0 amide bonds. The summed E-state index contributed by atoms with van der Waals surface area (Å²) in [6.07, 6.45) is 2.10. The van der Waals surface area contributed by atoms with E-state index in [1.54, 1.807) is 11.3 Å². The molecule has 3 N–H and O–H groups in total. The van der Waals surface area contributed by atoms with Gasteiger partial charge in [-0.25, -0.2) is 5.43 Å². The number of halogens is 2. The van der Waals surface area contributed by atoms with Crippen LogP contribution in [-0.4, -0.2) is 0 Å². The quantitative estimate of drug-likeness (QED) is 0.500. The lowest BCUT2D eigenvalue weighted by atomic mass is 10.2. The molecule has 0 bridgehead atoms. The third-order valence-corrected chi connectivity index (χ3v) is 4.99. The Kier molecular flexibility index (Phi) is 4.79. The van der Waals surface area contributed by atoms with Crippen LogP contribution in [0.5, 0.6) is 0 Å². The highest BCUT2D eigenvalue weighted by Crippen LogP contribution is 2.35. The summed E-state index contributed by atoms with van der Waals surface area (Å²) in [6.45, 7) is 4.12. The third-order valence-electron chi connectivity index (χ3n) is 1.65. The molecule has 0 aliphatic carbocycles. The van der Waals surface area contributed by atoms with Crippen LogP contribution in [0.25, 0.3) is 0 Å². The summed E-state index contributed by atoms with van der Waals surface area (Å²) in [5.74, 6) is 5.49. The van der Waals surface area contributed by atoms with Crippen molar-refractivity contribution in [2.45, 2.75) is 19.9 Å². The number of rotatable bonds is 3. The monoisotopic (exact) mass is 338 g/mol. The van der Waals surface area contributed by atoms with Crippen molar-refractivity contribution in [2.75, 3.05) is 0 Å². The number of nitrogens with one attached hydrogen (secondary N) is 1. The number of hydrazine groups is 1. The molecule has 1 aromatic heterocycles. The number of hydrogen-bond donors (Lipinski definition) is 2. The minimum atomic E-state index is 0.0904. The molecule has 0 spiro atoms. The maximum atomic E-state index is 5.49. The fourth-order valence-electron chi connectivity index (χ4n) is 1.06. The van der Waals surface area contributed by atoms with Crippen LogP contribution in [0.4, 0.5) is 0 Å². The largest absolute Gasteiger partial charge is 0.271 e. The summed E-state index contributed by atoms with van der Waals surface area (Å²) in [6, 6.07) is 2.16. The van der Waals surface area contributed by atoms with Gasteiger partial charge in [0.05, 0.1) is 9.83 Å². The van der Waals surface area contributed by atoms with E-state index in [0.717, 1.165) is 8.26 Å². The van der Waals surface area contributed by atoms with Gasteiger partial charge >= 0.3 is 0 Å². The maximum Gasteiger partial charge on any atom is 0.0843 e. The summed E-state index contributed by atoms with van der Waals surface area (Å²) < 4.78 is 2.16. The number of nitrogens with two attached hydrogens (primary N) is 1. The first-order valence-electron chi connectivity index (χ1n) is 4.10. The zero-order chi connectivity index (χ0) is 10.7. The van der Waals surface area contributed by atoms with Crippen LogP contribution in [0.3, 0.4) is 0 Å². The first-order valence-corrected chi connectivity index (χ1v) is 6.50. The lowest BCUT2D eigenvalue weighted by molar-refractivity contribution is 0.661. The summed E-state index contributed by atoms with van der Waals surface area (Å²) in [5.41, 5.74) is 4.03. The highest BCUT2D eigenvalue weighted by molar-refractivity contribution is 9.13. The van der Waals surface area contributed by atoms with E-state index < -0.39 is 0 Å². The van der Waals surface area contributed by atoms with Crippen LogP contribution in [0.2, 0.25) is 0 Å². The third kappa shape index (κ3) is 3.17. The maximum absolute atomic E-state index is 5.49. The van der Waals surface area contributed by atoms with Gasteiger partial charge in [-0.2, -0.15) is 0 Å². The van der Waals surface area contributed by atoms with Gasteiger partial charge in [-0.1, -0.05) is 11.6 Å². The molecule has 1 rings (SSSR count). The SMILES string of the molecule is CC(C)=CC(NN)c1cc(Br)c(Br)s1. The first kappa shape index (κ1) is 12.4. The van der Waals surface area contributed by atoms with Crippen molar-refractivity contribution in [3.05, 3.63) is 30.9 Å². The fourth-order valence-corrected chi connectivity index (χ4v) is 3.18. The molecule has 1 unspecified atom stereocenters. The van der Waals surface area contributed by atoms with Gasteiger partial charge in [0.1, 0.15) is 0 Å². The number of thiophene rings is 1. The number of hydrogen-bond acceptors (Lipinski definition) is 3. The lowest BCUT2D eigenvalue weighted by Crippen LogP contribution is -2.26. The second kappa shape index (κ2) is 5.42. The molecular weight excluding hydrogens is 328 g/mol. The molecule has 2 nitrogen and oxygen atoms in total. The minimum Gasteiger partial charge on any atom is -0.271 e. The molecular formula is C9H12Br2N2S. The Labute approximate surface area is 105 Å². The molecule has 1 atom stereocenters. The Bertz CT molecular complexity index is 323. The van der Waals surface area contributed by atoms with E-state index in [9.17, 15) is 0 Å². The molecule has 1 aromatic rings. The van der Waals surface area contributed by atoms with Crippen molar-refractivity contribution in [2.24, 2.45) is 5.84 Å². The van der Waals surface area contributed by atoms with Crippen molar-refractivity contribution < 1.29 is 0 Å². The second-order valence-corrected chi connectivity index (χ2v) is 6.41. The molecule has 0 saturated heterocycles. The Hall–Kier alpha value is 0.320. The molecule has 0 aliphatic heterocycles. The van der Waals surface area contributed by atoms with Gasteiger partial charge in [0.25, 0.3) is 0 Å². The average molecular weight is 340 g/mol. The normalized spacial score (nSPS) is 12.6. The van der Waals surface area contributed by atoms with Crippen LogP contribution in [0.1, 0.15) is 24.8 Å². The Morgan fingerprint density at radius 2 is 2.21 bits per heavy atom. The average Bonchev–Trinajstić information content (AvgIpc) is 2.42. The van der Waals surface area contributed by atoms with E-state index in [-0.39, 0.29) is 6.04 Å². The molecule has 1 heterocycles. The topological polar surface area (TPSA) is 38.0 Å². The highest BCUT2D eigenvalue weighted by atomic mass is 79.9. The lowest BCUT2D eigenvalue weighted by Gasteiger charge is -2.09. The first-order chi connectivity index (χ1) is 6.54. The predicted octanol–water partition coefficient (Wildman–Crippen LogP) is 3.74. The smallest absolute Gasteiger partial charge is 0.0843 e. The fraction of sp³-hybridized carbons (Fsp3) is 0.333. The summed E-state index contributed by atoms with van der Waals surface area (Å²) in [5, 5.41) is 0. The Balaban J connectivity index is 2.95. The highest BCUT2D eigenvalue weighted by Gasteiger charge is 2.11. The summed E-state index contributed by atoms with van der Waals surface area (Å²) in [7, 11) is 0. The Morgan fingerprint density at radius 1 is 1.57 bits per heavy atom. The summed E-state index contributed by atoms with van der Waals surface area (Å²) in [4.78, 5) is 1.19. The van der Waals surface area contributed by atoms with E-state index in [1.807, 2.05) is 0 Å². The van der Waals surface area contributed by atoms with E-state index in [1.165, 1.54) is 10.5 Å². The van der Waals surface area contributed by atoms with E-state index >= 15 is 0 Å². The van der Waals surface area contributed by atoms with Crippen molar-refractivity contribution in [1.29, 1.82) is 0 Å². The van der Waals surface area contributed by atoms with E-state index in [0.29, 0.717) is 0 Å². The van der Waals surface area contributed by atoms with Gasteiger partial charge in [0.2, 0.25) is 0 Å². The molecule has 0 fully saturated rings. The van der Waals surface area contributed by atoms with Gasteiger partial charge < -0.3 is 0 Å². The van der Waals surface area contributed by atoms with Crippen molar-refractivity contribution in [1.82, 2.24) is 5.43 Å². The van der Waals surface area contributed by atoms with Crippen molar-refractivity contribution >= 4 is 43.2 Å². The second-order valence-electron chi connectivity index (χ2n) is 3.16. The Morgan fingerprint density at radius 3 is 2.57 bits per heavy atom. The van der Waals surface area contributed by atoms with Gasteiger partial charge in [-0.15, -0.1) is 11.3 Å². The summed E-state index contributed by atoms with van der Waals surface area (Å²) >= 11 is 8.59. The molecule has 0 saturated carbocycles. The minimum absolute atomic E-state index is 0.0904. The van der Waals surface area contributed by atoms with Gasteiger partial charge in [0, 0.05) is 9.35 Å². The standard InChI is InChI=1S/C9H12Br2N2S/c1-5(2)3-7(13-12)8-4-6(10)9(11)14-8/h3-4,7,13H,12H2,1-2H3. The van der Waals surface area contributed by atoms with Gasteiger partial charge in [-0.3, -0.25) is 5.84 Å². The zero-order valence-corrected chi connectivity index (χ0v) is 12.0. The van der Waals surface area contributed by atoms with Crippen LogP contribution in [-0.2, 0) is 0 Å². The molecule has 0 aliphatic rings. The molecule has 14 heavy (non-hydrogen) atoms. The number of allylic oxidation sites excluding steroid dienone is 1. The molecule has 0 aromatic carbocycles. The van der Waals surface area contributed by atoms with Crippen LogP contribution in [0.15, 0.2) is 26.0 Å².